The van der Waals surface area contributed by atoms with E-state index in [-0.39, 0.29) is 0 Å². The first-order valence-corrected chi connectivity index (χ1v) is 11.8. The van der Waals surface area contributed by atoms with E-state index in [0.717, 1.165) is 34.8 Å². The summed E-state index contributed by atoms with van der Waals surface area (Å²) in [5.74, 6) is 2.24. The van der Waals surface area contributed by atoms with Gasteiger partial charge in [-0.2, -0.15) is 0 Å². The second kappa shape index (κ2) is 9.82. The number of hydrogen-bond donors (Lipinski definition) is 4. The van der Waals surface area contributed by atoms with Gasteiger partial charge in [0.1, 0.15) is 29.6 Å². The third-order valence-electron chi connectivity index (χ3n) is 6.16. The molecule has 0 saturated carbocycles. The summed E-state index contributed by atoms with van der Waals surface area (Å²) in [5, 5.41) is 6.53. The number of aldehydes is 2. The summed E-state index contributed by atoms with van der Waals surface area (Å²) in [6, 6.07) is 22.7. The smallest absolute Gasteiger partial charge is 0.152 e. The Morgan fingerprint density at radius 2 is 1.08 bits per heavy atom. The van der Waals surface area contributed by atoms with Crippen molar-refractivity contribution in [1.82, 2.24) is 24.9 Å². The van der Waals surface area contributed by atoms with Gasteiger partial charge in [0.25, 0.3) is 0 Å². The lowest BCUT2D eigenvalue weighted by molar-refractivity contribution is 0.111. The molecular formula is C29H21N7O2. The Hall–Kier alpha value is -5.57. The Bertz CT molecular complexity index is 1580. The number of fused-ring (bicyclic) bond motifs is 1. The lowest BCUT2D eigenvalue weighted by Gasteiger charge is -2.07. The number of rotatable bonds is 8. The molecule has 0 atom stereocenters. The SMILES string of the molecule is O=Cc1cc(Nc2ncnc(Nc3cc(C=O)c(-c4ccccc4)[nH]3)c3cncc2-3)[nH]c1-c1ccccc1. The number of anilines is 4. The van der Waals surface area contributed by atoms with Gasteiger partial charge in [0.05, 0.1) is 11.4 Å². The minimum absolute atomic E-state index is 0.515. The van der Waals surface area contributed by atoms with Gasteiger partial charge >= 0.3 is 0 Å². The van der Waals surface area contributed by atoms with Gasteiger partial charge in [0.15, 0.2) is 12.6 Å². The van der Waals surface area contributed by atoms with Crippen LogP contribution >= 0.6 is 0 Å². The molecule has 9 heteroatoms. The fraction of sp³-hybridized carbons (Fsp3) is 0. The molecule has 184 valence electrons. The van der Waals surface area contributed by atoms with Crippen LogP contribution in [-0.4, -0.2) is 37.5 Å². The zero-order valence-electron chi connectivity index (χ0n) is 20.0. The van der Waals surface area contributed by atoms with E-state index in [0.29, 0.717) is 45.8 Å². The van der Waals surface area contributed by atoms with E-state index in [4.69, 9.17) is 0 Å². The third kappa shape index (κ3) is 4.28. The van der Waals surface area contributed by atoms with E-state index in [2.05, 4.69) is 35.6 Å². The van der Waals surface area contributed by atoms with Gasteiger partial charge in [-0.1, -0.05) is 60.7 Å². The summed E-state index contributed by atoms with van der Waals surface area (Å²) in [7, 11) is 0. The lowest BCUT2D eigenvalue weighted by Crippen LogP contribution is -1.95. The van der Waals surface area contributed by atoms with E-state index in [1.54, 1.807) is 24.5 Å². The van der Waals surface area contributed by atoms with Gasteiger partial charge in [-0.15, -0.1) is 0 Å². The first kappa shape index (κ1) is 22.9. The van der Waals surface area contributed by atoms with Crippen LogP contribution in [0.3, 0.4) is 0 Å². The molecule has 0 amide bonds. The van der Waals surface area contributed by atoms with Gasteiger partial charge in [-0.3, -0.25) is 14.6 Å². The Kier molecular flexibility index (Phi) is 5.91. The van der Waals surface area contributed by atoms with Crippen LogP contribution in [0.4, 0.5) is 23.3 Å². The molecule has 0 radical (unpaired) electrons. The van der Waals surface area contributed by atoms with Crippen LogP contribution in [0.1, 0.15) is 20.7 Å². The molecule has 9 nitrogen and oxygen atoms in total. The molecule has 4 aromatic rings. The van der Waals surface area contributed by atoms with Crippen molar-refractivity contribution in [3.63, 3.8) is 0 Å². The van der Waals surface area contributed by atoms with Crippen molar-refractivity contribution in [3.8, 4) is 33.6 Å². The molecule has 38 heavy (non-hydrogen) atoms. The van der Waals surface area contributed by atoms with Crippen LogP contribution in [0.15, 0.2) is 91.5 Å². The molecule has 2 aromatic heterocycles. The van der Waals surface area contributed by atoms with Crippen LogP contribution in [-0.2, 0) is 0 Å². The highest BCUT2D eigenvalue weighted by Crippen LogP contribution is 2.36. The van der Waals surface area contributed by atoms with E-state index in [1.165, 1.54) is 6.33 Å². The van der Waals surface area contributed by atoms with Crippen molar-refractivity contribution in [2.75, 3.05) is 10.6 Å². The first-order valence-electron chi connectivity index (χ1n) is 11.8. The summed E-state index contributed by atoms with van der Waals surface area (Å²) in [6.45, 7) is 0. The Morgan fingerprint density at radius 1 is 0.632 bits per heavy atom. The van der Waals surface area contributed by atoms with Crippen molar-refractivity contribution >= 4 is 35.8 Å². The van der Waals surface area contributed by atoms with Gasteiger partial charge in [-0.05, 0) is 23.3 Å². The number of carbonyl (C=O) groups excluding carboxylic acids is 2. The molecule has 2 aromatic carbocycles. The second-order valence-corrected chi connectivity index (χ2v) is 8.55. The van der Waals surface area contributed by atoms with Crippen molar-refractivity contribution < 1.29 is 9.59 Å². The zero-order chi connectivity index (χ0) is 25.9. The van der Waals surface area contributed by atoms with Gasteiger partial charge < -0.3 is 20.6 Å². The van der Waals surface area contributed by atoms with E-state index < -0.39 is 0 Å². The van der Waals surface area contributed by atoms with E-state index in [1.807, 2.05) is 60.7 Å². The predicted molar refractivity (Wildman–Crippen MR) is 146 cm³/mol. The minimum atomic E-state index is 0.515. The maximum atomic E-state index is 11.7. The molecule has 4 heterocycles. The second-order valence-electron chi connectivity index (χ2n) is 8.55. The van der Waals surface area contributed by atoms with Crippen LogP contribution in [0.5, 0.6) is 0 Å². The zero-order valence-corrected chi connectivity index (χ0v) is 20.0. The Labute approximate surface area is 217 Å². The Balaban J connectivity index is 1.31. The molecule has 2 aliphatic rings. The van der Waals surface area contributed by atoms with Gasteiger partial charge in [0, 0.05) is 34.6 Å². The molecule has 0 saturated heterocycles. The van der Waals surface area contributed by atoms with Crippen molar-refractivity contribution in [2.24, 2.45) is 0 Å². The minimum Gasteiger partial charge on any atom is -0.341 e. The number of hydrogen-bond acceptors (Lipinski definition) is 7. The predicted octanol–water partition coefficient (Wildman–Crippen LogP) is 6.08. The molecule has 0 unspecified atom stereocenters. The molecule has 2 aliphatic heterocycles. The molecule has 4 N–H and O–H groups in total. The maximum absolute atomic E-state index is 11.7. The van der Waals surface area contributed by atoms with Crippen LogP contribution < -0.4 is 10.6 Å². The summed E-state index contributed by atoms with van der Waals surface area (Å²) in [4.78, 5) is 43.3. The normalized spacial score (nSPS) is 10.8. The molecule has 6 rings (SSSR count). The molecule has 0 spiro atoms. The highest BCUT2D eigenvalue weighted by atomic mass is 16.1. The Morgan fingerprint density at radius 3 is 1.50 bits per heavy atom. The number of aromatic amines is 2. The van der Waals surface area contributed by atoms with Gasteiger partial charge in [0.2, 0.25) is 0 Å². The van der Waals surface area contributed by atoms with Crippen LogP contribution in [0, 0.1) is 0 Å². The van der Waals surface area contributed by atoms with Crippen molar-refractivity contribution in [1.29, 1.82) is 0 Å². The van der Waals surface area contributed by atoms with E-state index >= 15 is 0 Å². The number of nitrogens with one attached hydrogen (secondary N) is 4. The standard InChI is InChI=1S/C29H21N7O2/c37-15-20-11-24(33-26(20)18-7-3-1-4-8-18)35-28-22-13-30-14-23(22)29(32-17-31-28)36-25-12-21(16-38)27(34-25)19-9-5-2-6-10-19/h1-17,33-34H,(H2,31,32,35,36). The number of aromatic nitrogens is 5. The average molecular weight is 500 g/mol. The maximum Gasteiger partial charge on any atom is 0.152 e. The monoisotopic (exact) mass is 499 g/mol. The summed E-state index contributed by atoms with van der Waals surface area (Å²) < 4.78 is 0. The highest BCUT2D eigenvalue weighted by Gasteiger charge is 2.18. The number of benzene rings is 2. The fourth-order valence-electron chi connectivity index (χ4n) is 4.39. The lowest BCUT2D eigenvalue weighted by atomic mass is 10.1. The number of nitrogens with zero attached hydrogens (tertiary/aromatic N) is 3. The number of H-pyrrole nitrogens is 2. The molecular weight excluding hydrogens is 478 g/mol. The first-order chi connectivity index (χ1) is 18.7. The quantitative estimate of drug-likeness (QED) is 0.187. The summed E-state index contributed by atoms with van der Waals surface area (Å²) >= 11 is 0. The summed E-state index contributed by atoms with van der Waals surface area (Å²) in [5.41, 5.74) is 5.74. The van der Waals surface area contributed by atoms with Crippen molar-refractivity contribution in [2.45, 2.75) is 0 Å². The van der Waals surface area contributed by atoms with Crippen molar-refractivity contribution in [3.05, 3.63) is 103 Å². The van der Waals surface area contributed by atoms with Gasteiger partial charge in [-0.25, -0.2) is 9.97 Å². The molecule has 0 aliphatic carbocycles. The summed E-state index contributed by atoms with van der Waals surface area (Å²) in [6.07, 6.45) is 6.47. The molecule has 0 fully saturated rings. The van der Waals surface area contributed by atoms with Crippen LogP contribution in [0.25, 0.3) is 33.6 Å². The molecule has 0 bridgehead atoms. The number of carbonyl (C=O) groups is 2. The highest BCUT2D eigenvalue weighted by molar-refractivity contribution is 5.92. The topological polar surface area (TPSA) is 128 Å². The largest absolute Gasteiger partial charge is 0.341 e. The average Bonchev–Trinajstić information content (AvgIpc) is 3.69. The van der Waals surface area contributed by atoms with E-state index in [9.17, 15) is 9.59 Å². The third-order valence-corrected chi connectivity index (χ3v) is 6.16. The fourth-order valence-corrected chi connectivity index (χ4v) is 4.39. The van der Waals surface area contributed by atoms with Crippen LogP contribution in [0.2, 0.25) is 0 Å².